The van der Waals surface area contributed by atoms with E-state index in [9.17, 15) is 14.7 Å². The van der Waals surface area contributed by atoms with Crippen molar-refractivity contribution in [1.29, 1.82) is 0 Å². The molecule has 33 heavy (non-hydrogen) atoms. The number of carbonyl (C=O) groups excluding carboxylic acids is 2. The van der Waals surface area contributed by atoms with Crippen molar-refractivity contribution in [2.24, 2.45) is 5.41 Å². The van der Waals surface area contributed by atoms with Crippen LogP contribution in [0.25, 0.3) is 11.3 Å². The molecule has 1 aliphatic rings. The zero-order chi connectivity index (χ0) is 24.2. The summed E-state index contributed by atoms with van der Waals surface area (Å²) in [5, 5.41) is 24.5. The molecule has 0 radical (unpaired) electrons. The third-order valence-corrected chi connectivity index (χ3v) is 5.56. The number of aliphatic hydroxyl groups excluding tert-OH is 1. The molecular weight excluding hydrogens is 424 g/mol. The van der Waals surface area contributed by atoms with Crippen LogP contribution in [0, 0.1) is 5.41 Å². The summed E-state index contributed by atoms with van der Waals surface area (Å²) >= 11 is 0. The van der Waals surface area contributed by atoms with Gasteiger partial charge in [-0.3, -0.25) is 14.9 Å². The van der Waals surface area contributed by atoms with Gasteiger partial charge in [-0.05, 0) is 31.0 Å². The molecule has 10 nitrogen and oxygen atoms in total. The van der Waals surface area contributed by atoms with Gasteiger partial charge in [-0.2, -0.15) is 0 Å². The lowest BCUT2D eigenvalue weighted by Crippen LogP contribution is -2.46. The standard InChI is InChI=1S/C23H34N6O4/c1-15(30)25-17-8-6-16(7-9-17)20-12-29(27-26-20)21(23(2,3)4)22(32)28-11-19(31)10-18(28)13-33-14-24-5/h6-9,12,18-19,21,24,31H,10-11,13-14H2,1-5H3,(H,25,30)/t18-,19+,21+/m0/s1. The van der Waals surface area contributed by atoms with Crippen LogP contribution in [0.4, 0.5) is 5.69 Å². The van der Waals surface area contributed by atoms with Gasteiger partial charge in [0.2, 0.25) is 11.8 Å². The number of aliphatic hydroxyl groups is 1. The third kappa shape index (κ3) is 6.16. The highest BCUT2D eigenvalue weighted by Crippen LogP contribution is 2.35. The van der Waals surface area contributed by atoms with Gasteiger partial charge in [0.15, 0.2) is 0 Å². The van der Waals surface area contributed by atoms with E-state index in [4.69, 9.17) is 4.74 Å². The SMILES string of the molecule is CNCOC[C@@H]1C[C@@H](O)CN1C(=O)[C@@H](n1cc(-c2ccc(NC(C)=O)cc2)nn1)C(C)(C)C. The smallest absolute Gasteiger partial charge is 0.248 e. The van der Waals surface area contributed by atoms with Crippen molar-refractivity contribution in [3.8, 4) is 11.3 Å². The van der Waals surface area contributed by atoms with E-state index in [0.717, 1.165) is 5.56 Å². The number of aromatic nitrogens is 3. The lowest BCUT2D eigenvalue weighted by atomic mass is 9.85. The van der Waals surface area contributed by atoms with Gasteiger partial charge in [0.1, 0.15) is 11.7 Å². The molecule has 2 heterocycles. The van der Waals surface area contributed by atoms with Gasteiger partial charge in [-0.1, -0.05) is 38.1 Å². The maximum Gasteiger partial charge on any atom is 0.248 e. The molecule has 1 aromatic heterocycles. The molecule has 0 bridgehead atoms. The second kappa shape index (κ2) is 10.4. The van der Waals surface area contributed by atoms with Crippen LogP contribution in [0.15, 0.2) is 30.5 Å². The summed E-state index contributed by atoms with van der Waals surface area (Å²) < 4.78 is 7.19. The third-order valence-electron chi connectivity index (χ3n) is 5.56. The van der Waals surface area contributed by atoms with E-state index >= 15 is 0 Å². The summed E-state index contributed by atoms with van der Waals surface area (Å²) in [4.78, 5) is 26.6. The van der Waals surface area contributed by atoms with Gasteiger partial charge in [-0.25, -0.2) is 4.68 Å². The maximum absolute atomic E-state index is 13.7. The van der Waals surface area contributed by atoms with Crippen molar-refractivity contribution in [1.82, 2.24) is 25.2 Å². The molecule has 0 aliphatic carbocycles. The molecule has 3 atom stereocenters. The maximum atomic E-state index is 13.7. The number of rotatable bonds is 8. The number of benzene rings is 1. The Morgan fingerprint density at radius 2 is 1.97 bits per heavy atom. The van der Waals surface area contributed by atoms with Crippen LogP contribution in [0.1, 0.15) is 40.2 Å². The number of β-amino-alcohol motifs (C(OH)–C–C–N with tert-alkyl or cyclic N) is 1. The van der Waals surface area contributed by atoms with Crippen LogP contribution in [-0.2, 0) is 14.3 Å². The van der Waals surface area contributed by atoms with E-state index < -0.39 is 17.6 Å². The molecule has 180 valence electrons. The number of likely N-dealkylation sites (tertiary alicyclic amines) is 1. The van der Waals surface area contributed by atoms with Crippen LogP contribution in [0.5, 0.6) is 0 Å². The Bertz CT molecular complexity index is 953. The van der Waals surface area contributed by atoms with Gasteiger partial charge >= 0.3 is 0 Å². The first kappa shape index (κ1) is 24.8. The van der Waals surface area contributed by atoms with Gasteiger partial charge in [0, 0.05) is 24.7 Å². The molecule has 0 unspecified atom stereocenters. The van der Waals surface area contributed by atoms with Gasteiger partial charge < -0.3 is 20.1 Å². The van der Waals surface area contributed by atoms with E-state index in [-0.39, 0.29) is 24.4 Å². The van der Waals surface area contributed by atoms with Crippen LogP contribution in [0.2, 0.25) is 0 Å². The Hall–Kier alpha value is -2.82. The summed E-state index contributed by atoms with van der Waals surface area (Å²) in [6.07, 6.45) is 1.67. The first-order valence-electron chi connectivity index (χ1n) is 11.1. The molecule has 2 amide bonds. The molecule has 2 aromatic rings. The normalized spacial score (nSPS) is 19.5. The van der Waals surface area contributed by atoms with Gasteiger partial charge in [-0.15, -0.1) is 5.10 Å². The van der Waals surface area contributed by atoms with Crippen LogP contribution >= 0.6 is 0 Å². The highest BCUT2D eigenvalue weighted by Gasteiger charge is 2.42. The quantitative estimate of drug-likeness (QED) is 0.406. The number of nitrogens with zero attached hydrogens (tertiary/aromatic N) is 4. The summed E-state index contributed by atoms with van der Waals surface area (Å²) in [5.74, 6) is -0.253. The summed E-state index contributed by atoms with van der Waals surface area (Å²) in [7, 11) is 1.79. The van der Waals surface area contributed by atoms with E-state index in [2.05, 4.69) is 20.9 Å². The Labute approximate surface area is 194 Å². The second-order valence-corrected chi connectivity index (χ2v) is 9.51. The molecule has 3 N–H and O–H groups in total. The lowest BCUT2D eigenvalue weighted by Gasteiger charge is -2.35. The fourth-order valence-corrected chi connectivity index (χ4v) is 4.12. The monoisotopic (exact) mass is 458 g/mol. The number of hydrogen-bond donors (Lipinski definition) is 3. The molecule has 3 rings (SSSR count). The first-order valence-corrected chi connectivity index (χ1v) is 11.1. The van der Waals surface area contributed by atoms with Crippen LogP contribution in [-0.4, -0.2) is 75.9 Å². The number of nitrogens with one attached hydrogen (secondary N) is 2. The molecule has 0 saturated carbocycles. The topological polar surface area (TPSA) is 122 Å². The average Bonchev–Trinajstić information content (AvgIpc) is 3.34. The summed E-state index contributed by atoms with van der Waals surface area (Å²) in [6, 6.07) is 6.48. The van der Waals surface area contributed by atoms with Crippen molar-refractivity contribution in [2.75, 3.05) is 32.2 Å². The largest absolute Gasteiger partial charge is 0.391 e. The summed E-state index contributed by atoms with van der Waals surface area (Å²) in [6.45, 7) is 8.41. The van der Waals surface area contributed by atoms with E-state index in [1.165, 1.54) is 6.92 Å². The predicted octanol–water partition coefficient (Wildman–Crippen LogP) is 1.65. The Balaban J connectivity index is 1.83. The van der Waals surface area contributed by atoms with Crippen molar-refractivity contribution < 1.29 is 19.4 Å². The zero-order valence-corrected chi connectivity index (χ0v) is 19.9. The van der Waals surface area contributed by atoms with Crippen molar-refractivity contribution in [3.05, 3.63) is 30.5 Å². The lowest BCUT2D eigenvalue weighted by molar-refractivity contribution is -0.140. The number of anilines is 1. The van der Waals surface area contributed by atoms with Crippen molar-refractivity contribution in [3.63, 3.8) is 0 Å². The van der Waals surface area contributed by atoms with Crippen molar-refractivity contribution >= 4 is 17.5 Å². The molecule has 1 aliphatic heterocycles. The van der Waals surface area contributed by atoms with Crippen LogP contribution in [0.3, 0.4) is 0 Å². The molecule has 1 aromatic carbocycles. The number of hydrogen-bond acceptors (Lipinski definition) is 7. The summed E-state index contributed by atoms with van der Waals surface area (Å²) in [5.41, 5.74) is 1.70. The van der Waals surface area contributed by atoms with Crippen molar-refractivity contribution in [2.45, 2.75) is 52.3 Å². The zero-order valence-electron chi connectivity index (χ0n) is 19.9. The number of ether oxygens (including phenoxy) is 1. The Morgan fingerprint density at radius 3 is 2.58 bits per heavy atom. The van der Waals surface area contributed by atoms with E-state index in [1.807, 2.05) is 32.9 Å². The minimum Gasteiger partial charge on any atom is -0.391 e. The molecule has 1 saturated heterocycles. The highest BCUT2D eigenvalue weighted by molar-refractivity contribution is 5.89. The molecular formula is C23H34N6O4. The van der Waals surface area contributed by atoms with E-state index in [0.29, 0.717) is 31.1 Å². The molecule has 0 spiro atoms. The van der Waals surface area contributed by atoms with Gasteiger partial charge in [0.25, 0.3) is 0 Å². The predicted molar refractivity (Wildman–Crippen MR) is 124 cm³/mol. The minimum absolute atomic E-state index is 0.116. The van der Waals surface area contributed by atoms with Gasteiger partial charge in [0.05, 0.1) is 31.7 Å². The first-order chi connectivity index (χ1) is 15.6. The fourth-order valence-electron chi connectivity index (χ4n) is 4.12. The average molecular weight is 459 g/mol. The van der Waals surface area contributed by atoms with E-state index in [1.54, 1.807) is 35.0 Å². The molecule has 10 heteroatoms. The Morgan fingerprint density at radius 1 is 1.27 bits per heavy atom. The minimum atomic E-state index is -0.602. The number of amides is 2. The Kier molecular flexibility index (Phi) is 7.83. The highest BCUT2D eigenvalue weighted by atomic mass is 16.5. The fraction of sp³-hybridized carbons (Fsp3) is 0.565. The number of carbonyl (C=O) groups is 2. The molecule has 1 fully saturated rings. The van der Waals surface area contributed by atoms with Crippen LogP contribution < -0.4 is 10.6 Å². The second-order valence-electron chi connectivity index (χ2n) is 9.51.